The van der Waals surface area contributed by atoms with E-state index in [0.29, 0.717) is 18.7 Å². The molecule has 1 aromatic carbocycles. The number of carbonyl (C=O) groups is 2. The van der Waals surface area contributed by atoms with Gasteiger partial charge in [-0.15, -0.1) is 11.3 Å². The van der Waals surface area contributed by atoms with E-state index in [1.807, 2.05) is 29.6 Å². The number of thiophene rings is 1. The zero-order chi connectivity index (χ0) is 15.9. The number of rotatable bonds is 5. The lowest BCUT2D eigenvalue weighted by molar-refractivity contribution is -0.127. The van der Waals surface area contributed by atoms with Crippen LogP contribution < -0.4 is 10.6 Å². The van der Waals surface area contributed by atoms with Gasteiger partial charge in [-0.3, -0.25) is 4.79 Å². The van der Waals surface area contributed by atoms with Gasteiger partial charge in [-0.1, -0.05) is 18.2 Å². The summed E-state index contributed by atoms with van der Waals surface area (Å²) < 4.78 is 0. The molecule has 22 heavy (non-hydrogen) atoms. The number of likely N-dealkylation sites (N-methyl/N-ethyl adjacent to an activating group) is 1. The first-order chi connectivity index (χ1) is 10.5. The van der Waals surface area contributed by atoms with Crippen LogP contribution in [0.5, 0.6) is 0 Å². The summed E-state index contributed by atoms with van der Waals surface area (Å²) in [5.41, 5.74) is 1.62. The molecule has 0 fully saturated rings. The Morgan fingerprint density at radius 1 is 1.14 bits per heavy atom. The van der Waals surface area contributed by atoms with Crippen molar-refractivity contribution in [3.63, 3.8) is 0 Å². The molecular weight excluding hydrogens is 298 g/mol. The zero-order valence-electron chi connectivity index (χ0n) is 12.6. The molecule has 2 N–H and O–H groups in total. The highest BCUT2D eigenvalue weighted by Gasteiger charge is 2.06. The quantitative estimate of drug-likeness (QED) is 0.890. The van der Waals surface area contributed by atoms with E-state index in [4.69, 9.17) is 0 Å². The van der Waals surface area contributed by atoms with Gasteiger partial charge in [-0.05, 0) is 29.1 Å². The van der Waals surface area contributed by atoms with E-state index < -0.39 is 0 Å². The molecule has 5 nitrogen and oxygen atoms in total. The lowest BCUT2D eigenvalue weighted by Crippen LogP contribution is -2.27. The fraction of sp³-hybridized carbons (Fsp3) is 0.250. The maximum Gasteiger partial charge on any atom is 0.319 e. The summed E-state index contributed by atoms with van der Waals surface area (Å²) in [5, 5.41) is 7.54. The minimum Gasteiger partial charge on any atom is -0.349 e. The van der Waals surface area contributed by atoms with Gasteiger partial charge in [0.2, 0.25) is 5.91 Å². The van der Waals surface area contributed by atoms with Crippen molar-refractivity contribution in [3.05, 3.63) is 52.2 Å². The molecule has 0 saturated heterocycles. The number of benzene rings is 1. The average molecular weight is 317 g/mol. The van der Waals surface area contributed by atoms with Gasteiger partial charge >= 0.3 is 6.03 Å². The predicted octanol–water partition coefficient (Wildman–Crippen LogP) is 2.70. The van der Waals surface area contributed by atoms with E-state index in [1.54, 1.807) is 42.5 Å². The summed E-state index contributed by atoms with van der Waals surface area (Å²) in [6, 6.07) is 11.0. The van der Waals surface area contributed by atoms with Gasteiger partial charge in [0.15, 0.2) is 0 Å². The minimum atomic E-state index is -0.245. The monoisotopic (exact) mass is 317 g/mol. The van der Waals surface area contributed by atoms with Gasteiger partial charge < -0.3 is 15.5 Å². The number of amides is 3. The maximum atomic E-state index is 11.8. The summed E-state index contributed by atoms with van der Waals surface area (Å²) in [6.45, 7) is 0.513. The molecule has 0 radical (unpaired) electrons. The van der Waals surface area contributed by atoms with Crippen LogP contribution in [0.3, 0.4) is 0 Å². The van der Waals surface area contributed by atoms with Crippen molar-refractivity contribution in [3.8, 4) is 0 Å². The van der Waals surface area contributed by atoms with Gasteiger partial charge in [0.1, 0.15) is 0 Å². The van der Waals surface area contributed by atoms with Crippen LogP contribution in [-0.4, -0.2) is 30.9 Å². The van der Waals surface area contributed by atoms with E-state index in [9.17, 15) is 9.59 Å². The Hall–Kier alpha value is -2.34. The molecule has 1 aromatic heterocycles. The molecule has 0 aliphatic rings. The van der Waals surface area contributed by atoms with Crippen molar-refractivity contribution in [2.45, 2.75) is 13.0 Å². The van der Waals surface area contributed by atoms with Crippen molar-refractivity contribution in [1.82, 2.24) is 10.2 Å². The van der Waals surface area contributed by atoms with Gasteiger partial charge in [0.25, 0.3) is 0 Å². The molecule has 0 aliphatic carbocycles. The number of hydrogen-bond acceptors (Lipinski definition) is 3. The van der Waals surface area contributed by atoms with Crippen LogP contribution in [0.1, 0.15) is 10.4 Å². The number of hydrogen-bond donors (Lipinski definition) is 2. The predicted molar refractivity (Wildman–Crippen MR) is 89.0 cm³/mol. The third kappa shape index (κ3) is 4.89. The van der Waals surface area contributed by atoms with Crippen LogP contribution in [0.15, 0.2) is 41.8 Å². The van der Waals surface area contributed by atoms with Crippen LogP contribution in [-0.2, 0) is 17.8 Å². The minimum absolute atomic E-state index is 0.0504. The number of urea groups is 1. The van der Waals surface area contributed by atoms with E-state index in [2.05, 4.69) is 10.6 Å². The smallest absolute Gasteiger partial charge is 0.319 e. The first-order valence-electron chi connectivity index (χ1n) is 6.91. The fourth-order valence-electron chi connectivity index (χ4n) is 1.79. The molecular formula is C16H19N3O2S. The van der Waals surface area contributed by atoms with E-state index in [-0.39, 0.29) is 11.9 Å². The van der Waals surface area contributed by atoms with E-state index in [0.717, 1.165) is 10.4 Å². The highest BCUT2D eigenvalue weighted by atomic mass is 32.1. The van der Waals surface area contributed by atoms with Crippen LogP contribution >= 0.6 is 11.3 Å². The van der Waals surface area contributed by atoms with Crippen molar-refractivity contribution in [1.29, 1.82) is 0 Å². The molecule has 0 bridgehead atoms. The van der Waals surface area contributed by atoms with Crippen LogP contribution in [0, 0.1) is 0 Å². The fourth-order valence-corrected chi connectivity index (χ4v) is 2.44. The van der Waals surface area contributed by atoms with Crippen molar-refractivity contribution in [2.24, 2.45) is 0 Å². The molecule has 1 heterocycles. The Morgan fingerprint density at radius 3 is 2.45 bits per heavy atom. The van der Waals surface area contributed by atoms with Crippen molar-refractivity contribution in [2.75, 3.05) is 19.4 Å². The normalized spacial score (nSPS) is 10.1. The third-order valence-electron chi connectivity index (χ3n) is 3.07. The Morgan fingerprint density at radius 2 is 1.86 bits per heavy atom. The number of nitrogens with one attached hydrogen (secondary N) is 2. The summed E-state index contributed by atoms with van der Waals surface area (Å²) in [7, 11) is 3.46. The van der Waals surface area contributed by atoms with E-state index in [1.165, 1.54) is 0 Å². The first kappa shape index (κ1) is 16.0. The highest BCUT2D eigenvalue weighted by Crippen LogP contribution is 2.11. The topological polar surface area (TPSA) is 61.4 Å². The Kier molecular flexibility index (Phi) is 5.55. The lowest BCUT2D eigenvalue weighted by atomic mass is 10.1. The van der Waals surface area contributed by atoms with E-state index >= 15 is 0 Å². The second-order valence-corrected chi connectivity index (χ2v) is 6.08. The Balaban J connectivity index is 1.82. The standard InChI is InChI=1S/C16H19N3O2S/c1-19(2)15(20)10-12-5-7-13(8-6-12)18-16(21)17-11-14-4-3-9-22-14/h3-9H,10-11H2,1-2H3,(H2,17,18,21). The number of anilines is 1. The molecule has 0 aliphatic heterocycles. The second kappa shape index (κ2) is 7.61. The number of carbonyl (C=O) groups excluding carboxylic acids is 2. The SMILES string of the molecule is CN(C)C(=O)Cc1ccc(NC(=O)NCc2cccs2)cc1. The number of nitrogens with zero attached hydrogens (tertiary/aromatic N) is 1. The van der Waals surface area contributed by atoms with Crippen LogP contribution in [0.2, 0.25) is 0 Å². The second-order valence-electron chi connectivity index (χ2n) is 5.05. The molecule has 6 heteroatoms. The van der Waals surface area contributed by atoms with Gasteiger partial charge in [0.05, 0.1) is 13.0 Å². The molecule has 116 valence electrons. The van der Waals surface area contributed by atoms with Crippen molar-refractivity contribution < 1.29 is 9.59 Å². The first-order valence-corrected chi connectivity index (χ1v) is 7.79. The largest absolute Gasteiger partial charge is 0.349 e. The Bertz CT molecular complexity index is 621. The molecule has 0 unspecified atom stereocenters. The maximum absolute atomic E-state index is 11.8. The van der Waals surface area contributed by atoms with Gasteiger partial charge in [-0.2, -0.15) is 0 Å². The third-order valence-corrected chi connectivity index (χ3v) is 3.95. The molecule has 0 saturated carbocycles. The molecule has 2 rings (SSSR count). The Labute approximate surface area is 134 Å². The summed E-state index contributed by atoms with van der Waals surface area (Å²) in [5.74, 6) is 0.0504. The van der Waals surface area contributed by atoms with Crippen molar-refractivity contribution >= 4 is 29.0 Å². The molecule has 0 atom stereocenters. The molecule has 2 aromatic rings. The zero-order valence-corrected chi connectivity index (χ0v) is 13.4. The lowest BCUT2D eigenvalue weighted by Gasteiger charge is -2.11. The molecule has 3 amide bonds. The summed E-state index contributed by atoms with van der Waals surface area (Å²) in [4.78, 5) is 26.1. The van der Waals surface area contributed by atoms with Gasteiger partial charge in [0, 0.05) is 24.7 Å². The summed E-state index contributed by atoms with van der Waals surface area (Å²) >= 11 is 1.60. The van der Waals surface area contributed by atoms with Crippen LogP contribution in [0.25, 0.3) is 0 Å². The van der Waals surface area contributed by atoms with Gasteiger partial charge in [-0.25, -0.2) is 4.79 Å². The average Bonchev–Trinajstić information content (AvgIpc) is 3.00. The van der Waals surface area contributed by atoms with Crippen LogP contribution in [0.4, 0.5) is 10.5 Å². The highest BCUT2D eigenvalue weighted by molar-refractivity contribution is 7.09. The molecule has 0 spiro atoms. The summed E-state index contributed by atoms with van der Waals surface area (Å²) in [6.07, 6.45) is 0.359.